The van der Waals surface area contributed by atoms with E-state index in [9.17, 15) is 9.59 Å². The third-order valence-electron chi connectivity index (χ3n) is 4.18. The Balaban J connectivity index is 1.83. The lowest BCUT2D eigenvalue weighted by Gasteiger charge is -2.33. The fraction of sp³-hybridized carbons (Fsp3) is 0.474. The molecule has 0 spiro atoms. The number of likely N-dealkylation sites (tertiary alicyclic amines) is 1. The van der Waals surface area contributed by atoms with E-state index >= 15 is 0 Å². The number of amides is 1. The molecule has 1 amide bonds. The molecule has 0 saturated carbocycles. The molecule has 1 N–H and O–H groups in total. The van der Waals surface area contributed by atoms with Crippen molar-refractivity contribution in [2.75, 3.05) is 25.0 Å². The lowest BCUT2D eigenvalue weighted by molar-refractivity contribution is -0.137. The number of carbonyl (C=O) groups excluding carboxylic acids is 2. The summed E-state index contributed by atoms with van der Waals surface area (Å²) in [5.41, 5.74) is 1.80. The van der Waals surface area contributed by atoms with Gasteiger partial charge in [-0.3, -0.25) is 4.79 Å². The molecule has 1 aliphatic heterocycles. The summed E-state index contributed by atoms with van der Waals surface area (Å²) >= 11 is 0. The average Bonchev–Trinajstić information content (AvgIpc) is 2.59. The van der Waals surface area contributed by atoms with Crippen molar-refractivity contribution in [2.45, 2.75) is 39.2 Å². The van der Waals surface area contributed by atoms with Crippen molar-refractivity contribution in [3.05, 3.63) is 35.9 Å². The van der Waals surface area contributed by atoms with Gasteiger partial charge >= 0.3 is 5.97 Å². The van der Waals surface area contributed by atoms with Gasteiger partial charge in [0.15, 0.2) is 0 Å². The summed E-state index contributed by atoms with van der Waals surface area (Å²) in [5.74, 6) is -0.200. The molecule has 130 valence electrons. The standard InChI is InChI=1S/C19H26N2O3/c1-3-24-19(23)12-9-16-7-10-17(11-8-16)20-14-18(22)21-13-5-4-6-15(21)2/h7-12,15,20H,3-6,13-14H2,1-2H3/b12-9+. The molecule has 1 fully saturated rings. The SMILES string of the molecule is CCOC(=O)/C=C/c1ccc(NCC(=O)N2CCCCC2C)cc1. The Morgan fingerprint density at radius 1 is 1.29 bits per heavy atom. The molecule has 1 atom stereocenters. The van der Waals surface area contributed by atoms with Crippen LogP contribution in [0, 0.1) is 0 Å². The van der Waals surface area contributed by atoms with E-state index in [1.54, 1.807) is 13.0 Å². The van der Waals surface area contributed by atoms with Crippen LogP contribution in [0.2, 0.25) is 0 Å². The molecule has 1 aromatic rings. The topological polar surface area (TPSA) is 58.6 Å². The number of esters is 1. The van der Waals surface area contributed by atoms with Gasteiger partial charge in [-0.05, 0) is 56.9 Å². The van der Waals surface area contributed by atoms with Crippen LogP contribution in [0.3, 0.4) is 0 Å². The smallest absolute Gasteiger partial charge is 0.330 e. The van der Waals surface area contributed by atoms with E-state index in [4.69, 9.17) is 4.74 Å². The number of nitrogens with one attached hydrogen (secondary N) is 1. The molecule has 24 heavy (non-hydrogen) atoms. The fourth-order valence-corrected chi connectivity index (χ4v) is 2.81. The van der Waals surface area contributed by atoms with Gasteiger partial charge in [0.2, 0.25) is 5.91 Å². The van der Waals surface area contributed by atoms with Crippen LogP contribution < -0.4 is 5.32 Å². The molecule has 1 saturated heterocycles. The molecule has 1 heterocycles. The molecule has 1 aliphatic rings. The Hall–Kier alpha value is -2.30. The number of hydrogen-bond donors (Lipinski definition) is 1. The van der Waals surface area contributed by atoms with Crippen LogP contribution in [0.4, 0.5) is 5.69 Å². The van der Waals surface area contributed by atoms with E-state index in [0.29, 0.717) is 19.2 Å². The van der Waals surface area contributed by atoms with Crippen molar-refractivity contribution in [2.24, 2.45) is 0 Å². The zero-order valence-electron chi connectivity index (χ0n) is 14.5. The Morgan fingerprint density at radius 2 is 2.04 bits per heavy atom. The fourth-order valence-electron chi connectivity index (χ4n) is 2.81. The highest BCUT2D eigenvalue weighted by atomic mass is 16.5. The summed E-state index contributed by atoms with van der Waals surface area (Å²) in [4.78, 5) is 25.5. The lowest BCUT2D eigenvalue weighted by Crippen LogP contribution is -2.44. The van der Waals surface area contributed by atoms with Crippen molar-refractivity contribution >= 4 is 23.6 Å². The lowest BCUT2D eigenvalue weighted by atomic mass is 10.0. The van der Waals surface area contributed by atoms with Crippen LogP contribution in [0.15, 0.2) is 30.3 Å². The second kappa shape index (κ2) is 9.11. The maximum Gasteiger partial charge on any atom is 0.330 e. The minimum atomic E-state index is -0.346. The normalized spacial score (nSPS) is 17.8. The van der Waals surface area contributed by atoms with Crippen LogP contribution in [-0.2, 0) is 14.3 Å². The van der Waals surface area contributed by atoms with Crippen molar-refractivity contribution in [1.82, 2.24) is 4.90 Å². The summed E-state index contributed by atoms with van der Waals surface area (Å²) in [6.07, 6.45) is 6.51. The summed E-state index contributed by atoms with van der Waals surface area (Å²) in [6.45, 7) is 5.43. The molecular formula is C19H26N2O3. The van der Waals surface area contributed by atoms with Gasteiger partial charge in [-0.2, -0.15) is 0 Å². The second-order valence-corrected chi connectivity index (χ2v) is 5.99. The van der Waals surface area contributed by atoms with E-state index in [0.717, 1.165) is 30.6 Å². The molecule has 1 unspecified atom stereocenters. The first-order valence-electron chi connectivity index (χ1n) is 8.58. The van der Waals surface area contributed by atoms with Gasteiger partial charge in [0.25, 0.3) is 0 Å². The number of anilines is 1. The zero-order chi connectivity index (χ0) is 17.4. The highest BCUT2D eigenvalue weighted by molar-refractivity contribution is 5.87. The Kier molecular flexibility index (Phi) is 6.85. The minimum absolute atomic E-state index is 0.147. The number of carbonyl (C=O) groups is 2. The number of rotatable bonds is 6. The van der Waals surface area contributed by atoms with E-state index in [1.165, 1.54) is 12.5 Å². The van der Waals surface area contributed by atoms with Crippen molar-refractivity contribution in [3.8, 4) is 0 Å². The summed E-state index contributed by atoms with van der Waals surface area (Å²) < 4.78 is 4.84. The molecule has 0 aromatic heterocycles. The summed E-state index contributed by atoms with van der Waals surface area (Å²) in [5, 5.41) is 3.17. The van der Waals surface area contributed by atoms with Gasteiger partial charge in [-0.1, -0.05) is 12.1 Å². The quantitative estimate of drug-likeness (QED) is 0.643. The van der Waals surface area contributed by atoms with Gasteiger partial charge in [0.1, 0.15) is 0 Å². The average molecular weight is 330 g/mol. The molecule has 5 nitrogen and oxygen atoms in total. The molecule has 1 aromatic carbocycles. The molecule has 0 radical (unpaired) electrons. The minimum Gasteiger partial charge on any atom is -0.463 e. The van der Waals surface area contributed by atoms with Gasteiger partial charge in [0, 0.05) is 24.4 Å². The van der Waals surface area contributed by atoms with Crippen molar-refractivity contribution in [3.63, 3.8) is 0 Å². The Morgan fingerprint density at radius 3 is 2.71 bits per heavy atom. The molecular weight excluding hydrogens is 304 g/mol. The van der Waals surface area contributed by atoms with Gasteiger partial charge in [0.05, 0.1) is 13.2 Å². The predicted molar refractivity (Wildman–Crippen MR) is 95.6 cm³/mol. The Labute approximate surface area is 143 Å². The van der Waals surface area contributed by atoms with E-state index in [2.05, 4.69) is 12.2 Å². The largest absolute Gasteiger partial charge is 0.463 e. The number of ether oxygens (including phenoxy) is 1. The first-order chi connectivity index (χ1) is 11.6. The van der Waals surface area contributed by atoms with Crippen LogP contribution in [0.5, 0.6) is 0 Å². The monoisotopic (exact) mass is 330 g/mol. The number of piperidine rings is 1. The number of benzene rings is 1. The summed E-state index contributed by atoms with van der Waals surface area (Å²) in [6, 6.07) is 7.93. The number of nitrogens with zero attached hydrogens (tertiary/aromatic N) is 1. The van der Waals surface area contributed by atoms with Gasteiger partial charge in [-0.25, -0.2) is 4.79 Å². The first-order valence-corrected chi connectivity index (χ1v) is 8.58. The maximum absolute atomic E-state index is 12.3. The van der Waals surface area contributed by atoms with Crippen LogP contribution in [-0.4, -0.2) is 42.5 Å². The highest BCUT2D eigenvalue weighted by Crippen LogP contribution is 2.17. The third-order valence-corrected chi connectivity index (χ3v) is 4.18. The van der Waals surface area contributed by atoms with E-state index < -0.39 is 0 Å². The zero-order valence-corrected chi connectivity index (χ0v) is 14.5. The molecule has 2 rings (SSSR count). The molecule has 0 aliphatic carbocycles. The van der Waals surface area contributed by atoms with E-state index in [-0.39, 0.29) is 11.9 Å². The van der Waals surface area contributed by atoms with Crippen molar-refractivity contribution in [1.29, 1.82) is 0 Å². The van der Waals surface area contributed by atoms with Crippen molar-refractivity contribution < 1.29 is 14.3 Å². The van der Waals surface area contributed by atoms with Crippen LogP contribution in [0.25, 0.3) is 6.08 Å². The molecule has 0 bridgehead atoms. The summed E-state index contributed by atoms with van der Waals surface area (Å²) in [7, 11) is 0. The van der Waals surface area contributed by atoms with Gasteiger partial charge in [-0.15, -0.1) is 0 Å². The molecule has 5 heteroatoms. The second-order valence-electron chi connectivity index (χ2n) is 5.99. The van der Waals surface area contributed by atoms with Crippen LogP contribution >= 0.6 is 0 Å². The third kappa shape index (κ3) is 5.41. The van der Waals surface area contributed by atoms with E-state index in [1.807, 2.05) is 29.2 Å². The highest BCUT2D eigenvalue weighted by Gasteiger charge is 2.22. The Bertz CT molecular complexity index is 581. The number of hydrogen-bond acceptors (Lipinski definition) is 4. The predicted octanol–water partition coefficient (Wildman–Crippen LogP) is 3.08. The van der Waals surface area contributed by atoms with Gasteiger partial charge < -0.3 is 15.0 Å². The first kappa shape index (κ1) is 18.0. The van der Waals surface area contributed by atoms with Crippen LogP contribution in [0.1, 0.15) is 38.7 Å². The maximum atomic E-state index is 12.3.